The van der Waals surface area contributed by atoms with E-state index in [4.69, 9.17) is 9.47 Å². The van der Waals surface area contributed by atoms with E-state index in [1.807, 2.05) is 23.7 Å². The molecule has 2 aromatic heterocycles. The lowest BCUT2D eigenvalue weighted by molar-refractivity contribution is -0.143. The molecular formula is C19H25N3O2S. The second kappa shape index (κ2) is 7.93. The Kier molecular flexibility index (Phi) is 5.43. The summed E-state index contributed by atoms with van der Waals surface area (Å²) in [7, 11) is 0. The lowest BCUT2D eigenvalue weighted by atomic mass is 10.0. The summed E-state index contributed by atoms with van der Waals surface area (Å²) in [5.74, 6) is 0. The van der Waals surface area contributed by atoms with Gasteiger partial charge in [0, 0.05) is 56.5 Å². The summed E-state index contributed by atoms with van der Waals surface area (Å²) in [4.78, 5) is 10.5. The van der Waals surface area contributed by atoms with Gasteiger partial charge >= 0.3 is 0 Å². The molecule has 5 nitrogen and oxygen atoms in total. The van der Waals surface area contributed by atoms with Crippen LogP contribution in [-0.4, -0.2) is 66.4 Å². The topological polar surface area (TPSA) is 37.8 Å². The van der Waals surface area contributed by atoms with E-state index in [2.05, 4.69) is 44.4 Å². The molecule has 2 saturated heterocycles. The number of thiophene rings is 1. The van der Waals surface area contributed by atoms with E-state index in [1.165, 1.54) is 10.4 Å². The van der Waals surface area contributed by atoms with Crippen LogP contribution in [0.25, 0.3) is 0 Å². The van der Waals surface area contributed by atoms with Gasteiger partial charge in [0.25, 0.3) is 0 Å². The van der Waals surface area contributed by atoms with E-state index in [9.17, 15) is 0 Å². The zero-order chi connectivity index (χ0) is 17.0. The molecule has 1 spiro atoms. The van der Waals surface area contributed by atoms with Gasteiger partial charge in [-0.15, -0.1) is 11.3 Å². The highest BCUT2D eigenvalue weighted by atomic mass is 32.1. The number of morpholine rings is 1. The quantitative estimate of drug-likeness (QED) is 0.837. The molecule has 0 N–H and O–H groups in total. The monoisotopic (exact) mass is 359 g/mol. The molecule has 0 saturated carbocycles. The first kappa shape index (κ1) is 17.1. The predicted molar refractivity (Wildman–Crippen MR) is 98.6 cm³/mol. The second-order valence-electron chi connectivity index (χ2n) is 6.94. The van der Waals surface area contributed by atoms with E-state index in [0.29, 0.717) is 6.61 Å². The van der Waals surface area contributed by atoms with Crippen molar-refractivity contribution in [2.24, 2.45) is 0 Å². The first-order chi connectivity index (χ1) is 12.3. The summed E-state index contributed by atoms with van der Waals surface area (Å²) >= 11 is 1.83. The molecule has 0 amide bonds. The molecule has 1 atom stereocenters. The Morgan fingerprint density at radius 1 is 1.04 bits per heavy atom. The standard InChI is InChI=1S/C19H25N3O2S/c1-2-18(25-11-1)13-22-8-10-24-19(15-22)14-21(7-9-23-16-19)12-17-3-5-20-6-4-17/h1-6,11H,7-10,12-16H2/t19-/m0/s1. The fourth-order valence-electron chi connectivity index (χ4n) is 3.73. The van der Waals surface area contributed by atoms with Crippen molar-refractivity contribution >= 4 is 11.3 Å². The Balaban J connectivity index is 1.43. The van der Waals surface area contributed by atoms with Crippen LogP contribution in [0.2, 0.25) is 0 Å². The third-order valence-corrected chi connectivity index (χ3v) is 5.73. The molecule has 134 valence electrons. The number of hydrogen-bond donors (Lipinski definition) is 0. The maximum atomic E-state index is 6.29. The Morgan fingerprint density at radius 2 is 1.84 bits per heavy atom. The van der Waals surface area contributed by atoms with Crippen LogP contribution >= 0.6 is 11.3 Å². The summed E-state index contributed by atoms with van der Waals surface area (Å²) in [6.45, 7) is 7.92. The van der Waals surface area contributed by atoms with Gasteiger partial charge in [0.1, 0.15) is 5.60 Å². The molecule has 0 aromatic carbocycles. The molecule has 4 heterocycles. The van der Waals surface area contributed by atoms with Crippen LogP contribution in [0.4, 0.5) is 0 Å². The first-order valence-corrected chi connectivity index (χ1v) is 9.77. The average Bonchev–Trinajstić information content (AvgIpc) is 3.05. The van der Waals surface area contributed by atoms with Crippen molar-refractivity contribution in [1.82, 2.24) is 14.8 Å². The van der Waals surface area contributed by atoms with E-state index in [1.54, 1.807) is 0 Å². The van der Waals surface area contributed by atoms with Crippen molar-refractivity contribution in [3.63, 3.8) is 0 Å². The van der Waals surface area contributed by atoms with Crippen molar-refractivity contribution in [3.8, 4) is 0 Å². The van der Waals surface area contributed by atoms with Crippen molar-refractivity contribution in [1.29, 1.82) is 0 Å². The fraction of sp³-hybridized carbons (Fsp3) is 0.526. The highest BCUT2D eigenvalue weighted by molar-refractivity contribution is 7.09. The van der Waals surface area contributed by atoms with Gasteiger partial charge in [-0.25, -0.2) is 0 Å². The van der Waals surface area contributed by atoms with Gasteiger partial charge in [-0.05, 0) is 29.1 Å². The second-order valence-corrected chi connectivity index (χ2v) is 7.97. The SMILES string of the molecule is c1csc(CN2CCO[C@]3(COCCN(Cc4ccncc4)C3)C2)c1. The minimum absolute atomic E-state index is 0.223. The Labute approximate surface area is 153 Å². The zero-order valence-corrected chi connectivity index (χ0v) is 15.3. The van der Waals surface area contributed by atoms with Crippen molar-refractivity contribution in [2.75, 3.05) is 46.0 Å². The molecule has 2 aromatic rings. The molecule has 2 fully saturated rings. The summed E-state index contributed by atoms with van der Waals surface area (Å²) in [5, 5.41) is 2.15. The van der Waals surface area contributed by atoms with Crippen LogP contribution in [0.3, 0.4) is 0 Å². The molecular weight excluding hydrogens is 334 g/mol. The number of aromatic nitrogens is 1. The summed E-state index contributed by atoms with van der Waals surface area (Å²) < 4.78 is 12.2. The lowest BCUT2D eigenvalue weighted by Crippen LogP contribution is -2.58. The average molecular weight is 359 g/mol. The van der Waals surface area contributed by atoms with Gasteiger partial charge < -0.3 is 9.47 Å². The molecule has 0 bridgehead atoms. The van der Waals surface area contributed by atoms with Gasteiger partial charge in [0.15, 0.2) is 0 Å². The maximum Gasteiger partial charge on any atom is 0.117 e. The minimum atomic E-state index is -0.223. The number of rotatable bonds is 4. The van der Waals surface area contributed by atoms with E-state index >= 15 is 0 Å². The van der Waals surface area contributed by atoms with Gasteiger partial charge in [-0.2, -0.15) is 0 Å². The summed E-state index contributed by atoms with van der Waals surface area (Å²) in [5.41, 5.74) is 1.07. The number of hydrogen-bond acceptors (Lipinski definition) is 6. The highest BCUT2D eigenvalue weighted by Gasteiger charge is 2.40. The Bertz CT molecular complexity index is 652. The molecule has 0 radical (unpaired) electrons. The van der Waals surface area contributed by atoms with Crippen LogP contribution in [0.1, 0.15) is 10.4 Å². The van der Waals surface area contributed by atoms with Gasteiger partial charge in [-0.3, -0.25) is 14.8 Å². The minimum Gasteiger partial charge on any atom is -0.377 e. The zero-order valence-electron chi connectivity index (χ0n) is 14.5. The smallest absolute Gasteiger partial charge is 0.117 e. The molecule has 2 aliphatic rings. The molecule has 25 heavy (non-hydrogen) atoms. The van der Waals surface area contributed by atoms with Crippen molar-refractivity contribution < 1.29 is 9.47 Å². The normalized spacial score (nSPS) is 25.9. The Hall–Kier alpha value is -1.31. The Morgan fingerprint density at radius 3 is 2.64 bits per heavy atom. The van der Waals surface area contributed by atoms with Crippen LogP contribution in [0.15, 0.2) is 42.0 Å². The number of nitrogens with zero attached hydrogens (tertiary/aromatic N) is 3. The van der Waals surface area contributed by atoms with Gasteiger partial charge in [-0.1, -0.05) is 6.07 Å². The fourth-order valence-corrected chi connectivity index (χ4v) is 4.48. The molecule has 2 aliphatic heterocycles. The van der Waals surface area contributed by atoms with Crippen LogP contribution < -0.4 is 0 Å². The maximum absolute atomic E-state index is 6.29. The molecule has 6 heteroatoms. The molecule has 4 rings (SSSR count). The highest BCUT2D eigenvalue weighted by Crippen LogP contribution is 2.25. The van der Waals surface area contributed by atoms with Crippen LogP contribution in [0.5, 0.6) is 0 Å². The van der Waals surface area contributed by atoms with Crippen molar-refractivity contribution in [2.45, 2.75) is 18.7 Å². The van der Waals surface area contributed by atoms with Crippen molar-refractivity contribution in [3.05, 3.63) is 52.5 Å². The molecule has 0 aliphatic carbocycles. The number of pyridine rings is 1. The first-order valence-electron chi connectivity index (χ1n) is 8.89. The van der Waals surface area contributed by atoms with E-state index in [0.717, 1.165) is 52.5 Å². The third-order valence-electron chi connectivity index (χ3n) is 4.87. The van der Waals surface area contributed by atoms with Crippen LogP contribution in [-0.2, 0) is 22.6 Å². The third kappa shape index (κ3) is 4.46. The molecule has 0 unspecified atom stereocenters. The van der Waals surface area contributed by atoms with E-state index in [-0.39, 0.29) is 5.60 Å². The van der Waals surface area contributed by atoms with Gasteiger partial charge in [0.05, 0.1) is 19.8 Å². The summed E-state index contributed by atoms with van der Waals surface area (Å²) in [6.07, 6.45) is 3.72. The predicted octanol–water partition coefficient (Wildman–Crippen LogP) is 2.25. The number of ether oxygens (including phenoxy) is 2. The van der Waals surface area contributed by atoms with Gasteiger partial charge in [0.2, 0.25) is 0 Å². The lowest BCUT2D eigenvalue weighted by Gasteiger charge is -2.43. The summed E-state index contributed by atoms with van der Waals surface area (Å²) in [6, 6.07) is 8.51. The van der Waals surface area contributed by atoms with Crippen LogP contribution in [0, 0.1) is 0 Å². The largest absolute Gasteiger partial charge is 0.377 e. The van der Waals surface area contributed by atoms with E-state index < -0.39 is 0 Å².